The third kappa shape index (κ3) is 3.74. The van der Waals surface area contributed by atoms with Gasteiger partial charge in [-0.2, -0.15) is 4.31 Å². The lowest BCUT2D eigenvalue weighted by molar-refractivity contribution is -0.119. The fourth-order valence-electron chi connectivity index (χ4n) is 3.16. The van der Waals surface area contributed by atoms with Crippen molar-refractivity contribution in [3.63, 3.8) is 0 Å². The van der Waals surface area contributed by atoms with Crippen molar-refractivity contribution in [1.29, 1.82) is 0 Å². The Bertz CT molecular complexity index is 953. The van der Waals surface area contributed by atoms with E-state index in [1.54, 1.807) is 31.3 Å². The van der Waals surface area contributed by atoms with Crippen molar-refractivity contribution in [3.8, 4) is 0 Å². The first kappa shape index (κ1) is 19.1. The molecule has 27 heavy (non-hydrogen) atoms. The number of carbonyl (C=O) groups excluding carboxylic acids is 2. The molecule has 9 heteroatoms. The lowest BCUT2D eigenvalue weighted by atomic mass is 10.2. The Labute approximate surface area is 157 Å². The molecule has 3 rings (SSSR count). The zero-order chi connectivity index (χ0) is 19.6. The maximum atomic E-state index is 13.1. The van der Waals surface area contributed by atoms with Gasteiger partial charge in [0.25, 0.3) is 0 Å². The summed E-state index contributed by atoms with van der Waals surface area (Å²) in [4.78, 5) is 24.4. The van der Waals surface area contributed by atoms with Crippen molar-refractivity contribution in [2.45, 2.75) is 23.8 Å². The molecule has 1 aliphatic rings. The Balaban J connectivity index is 1.85. The van der Waals surface area contributed by atoms with Gasteiger partial charge in [-0.3, -0.25) is 4.79 Å². The van der Waals surface area contributed by atoms with E-state index in [1.807, 2.05) is 6.07 Å². The molecule has 0 unspecified atom stereocenters. The fraction of sp³-hybridized carbons (Fsp3) is 0.333. The number of hydrogen-bond acceptors (Lipinski definition) is 5. The number of methoxy groups -OCH3 is 1. The number of carbonyl (C=O) groups is 2. The molecule has 0 saturated carbocycles. The average Bonchev–Trinajstić information content (AvgIpc) is 3.29. The first-order valence-electron chi connectivity index (χ1n) is 8.47. The number of nitrogens with zero attached hydrogens (tertiary/aromatic N) is 2. The zero-order valence-electron chi connectivity index (χ0n) is 15.1. The molecule has 2 aromatic rings. The third-order valence-electron chi connectivity index (χ3n) is 4.53. The highest BCUT2D eigenvalue weighted by Gasteiger charge is 2.40. The molecule has 1 aromatic carbocycles. The van der Waals surface area contributed by atoms with E-state index in [0.717, 1.165) is 0 Å². The van der Waals surface area contributed by atoms with E-state index < -0.39 is 22.0 Å². The minimum absolute atomic E-state index is 0.0372. The Morgan fingerprint density at radius 3 is 2.59 bits per heavy atom. The van der Waals surface area contributed by atoms with Crippen molar-refractivity contribution in [3.05, 3.63) is 48.3 Å². The normalized spacial score (nSPS) is 17.6. The summed E-state index contributed by atoms with van der Waals surface area (Å²) in [5.74, 6) is -0.995. The number of anilines is 1. The highest BCUT2D eigenvalue weighted by molar-refractivity contribution is 7.89. The van der Waals surface area contributed by atoms with Crippen LogP contribution in [-0.2, 0) is 26.6 Å². The van der Waals surface area contributed by atoms with Crippen molar-refractivity contribution >= 4 is 27.6 Å². The summed E-state index contributed by atoms with van der Waals surface area (Å²) in [6.07, 6.45) is 2.38. The molecular weight excluding hydrogens is 370 g/mol. The van der Waals surface area contributed by atoms with Crippen molar-refractivity contribution < 1.29 is 22.7 Å². The van der Waals surface area contributed by atoms with Crippen LogP contribution in [0.25, 0.3) is 0 Å². The van der Waals surface area contributed by atoms with Gasteiger partial charge in [0.05, 0.1) is 7.11 Å². The summed E-state index contributed by atoms with van der Waals surface area (Å²) in [6.45, 7) is 0.248. The molecule has 1 aliphatic heterocycles. The van der Waals surface area contributed by atoms with Crippen molar-refractivity contribution in [1.82, 2.24) is 8.87 Å². The molecule has 1 saturated heterocycles. The highest BCUT2D eigenvalue weighted by Crippen LogP contribution is 2.28. The summed E-state index contributed by atoms with van der Waals surface area (Å²) in [5, 5.41) is 2.76. The number of aryl methyl sites for hydroxylation is 1. The lowest BCUT2D eigenvalue weighted by Crippen LogP contribution is -2.43. The predicted molar refractivity (Wildman–Crippen MR) is 98.7 cm³/mol. The van der Waals surface area contributed by atoms with Crippen LogP contribution in [0.5, 0.6) is 0 Å². The van der Waals surface area contributed by atoms with Gasteiger partial charge < -0.3 is 14.6 Å². The summed E-state index contributed by atoms with van der Waals surface area (Å²) in [6, 6.07) is 9.37. The van der Waals surface area contributed by atoms with Gasteiger partial charge in [0, 0.05) is 25.5 Å². The molecular formula is C18H21N3O5S. The van der Waals surface area contributed by atoms with Crippen LogP contribution in [-0.4, -0.2) is 48.9 Å². The van der Waals surface area contributed by atoms with E-state index in [-0.39, 0.29) is 23.0 Å². The van der Waals surface area contributed by atoms with Gasteiger partial charge in [0.15, 0.2) is 0 Å². The maximum absolute atomic E-state index is 13.1. The molecule has 1 N–H and O–H groups in total. The molecule has 0 spiro atoms. The van der Waals surface area contributed by atoms with Crippen LogP contribution in [0, 0.1) is 0 Å². The molecule has 0 bridgehead atoms. The van der Waals surface area contributed by atoms with Crippen LogP contribution in [0.15, 0.2) is 47.5 Å². The van der Waals surface area contributed by atoms with E-state index in [2.05, 4.69) is 10.1 Å². The predicted octanol–water partition coefficient (Wildman–Crippen LogP) is 1.60. The number of aromatic nitrogens is 1. The van der Waals surface area contributed by atoms with E-state index in [0.29, 0.717) is 18.5 Å². The molecule has 0 radical (unpaired) electrons. The monoisotopic (exact) mass is 391 g/mol. The summed E-state index contributed by atoms with van der Waals surface area (Å²) in [7, 11) is -1.13. The minimum atomic E-state index is -3.92. The lowest BCUT2D eigenvalue weighted by Gasteiger charge is -2.22. The third-order valence-corrected chi connectivity index (χ3v) is 6.40. The SMILES string of the molecule is COC(=O)c1cc(S(=O)(=O)N2CCC[C@@H]2C(=O)Nc2ccccc2)cn1C. The van der Waals surface area contributed by atoms with Crippen LogP contribution in [0.2, 0.25) is 0 Å². The van der Waals surface area contributed by atoms with E-state index in [1.165, 1.54) is 28.2 Å². The first-order valence-corrected chi connectivity index (χ1v) is 9.91. The van der Waals surface area contributed by atoms with Gasteiger partial charge in [0.2, 0.25) is 15.9 Å². The van der Waals surface area contributed by atoms with Gasteiger partial charge in [-0.05, 0) is 31.0 Å². The second-order valence-corrected chi connectivity index (χ2v) is 8.18. The molecule has 0 aliphatic carbocycles. The number of benzene rings is 1. The van der Waals surface area contributed by atoms with Crippen LogP contribution < -0.4 is 5.32 Å². The Hall–Kier alpha value is -2.65. The Morgan fingerprint density at radius 2 is 1.93 bits per heavy atom. The molecule has 2 heterocycles. The quantitative estimate of drug-likeness (QED) is 0.781. The number of hydrogen-bond donors (Lipinski definition) is 1. The number of amides is 1. The van der Waals surface area contributed by atoms with Crippen LogP contribution >= 0.6 is 0 Å². The largest absolute Gasteiger partial charge is 0.464 e. The number of para-hydroxylation sites is 1. The standard InChI is InChI=1S/C18H21N3O5S/c1-20-12-14(11-16(20)18(23)26-2)27(24,25)21-10-6-9-15(21)17(22)19-13-7-4-3-5-8-13/h3-5,7-8,11-12,15H,6,9-10H2,1-2H3,(H,19,22)/t15-/m1/s1. The van der Waals surface area contributed by atoms with Crippen molar-refractivity contribution in [2.24, 2.45) is 7.05 Å². The van der Waals surface area contributed by atoms with Crippen LogP contribution in [0.4, 0.5) is 5.69 Å². The topological polar surface area (TPSA) is 97.7 Å². The van der Waals surface area contributed by atoms with Gasteiger partial charge in [0.1, 0.15) is 16.6 Å². The molecule has 1 fully saturated rings. The van der Waals surface area contributed by atoms with Crippen molar-refractivity contribution in [2.75, 3.05) is 19.0 Å². The van der Waals surface area contributed by atoms with E-state index >= 15 is 0 Å². The Kier molecular flexibility index (Phi) is 5.33. The fourth-order valence-corrected chi connectivity index (χ4v) is 4.88. The first-order chi connectivity index (χ1) is 12.8. The number of nitrogens with one attached hydrogen (secondary N) is 1. The van der Waals surface area contributed by atoms with Crippen LogP contribution in [0.3, 0.4) is 0 Å². The minimum Gasteiger partial charge on any atom is -0.464 e. The molecule has 1 atom stereocenters. The molecule has 144 valence electrons. The number of rotatable bonds is 5. The van der Waals surface area contributed by atoms with Crippen LogP contribution in [0.1, 0.15) is 23.3 Å². The van der Waals surface area contributed by atoms with Gasteiger partial charge in [-0.1, -0.05) is 18.2 Å². The highest BCUT2D eigenvalue weighted by atomic mass is 32.2. The van der Waals surface area contributed by atoms with E-state index in [4.69, 9.17) is 0 Å². The smallest absolute Gasteiger partial charge is 0.354 e. The summed E-state index contributed by atoms with van der Waals surface area (Å²) < 4.78 is 33.4. The zero-order valence-corrected chi connectivity index (χ0v) is 15.9. The second-order valence-electron chi connectivity index (χ2n) is 6.29. The number of esters is 1. The van der Waals surface area contributed by atoms with Gasteiger partial charge in [-0.25, -0.2) is 13.2 Å². The van der Waals surface area contributed by atoms with E-state index in [9.17, 15) is 18.0 Å². The molecule has 1 aromatic heterocycles. The molecule has 8 nitrogen and oxygen atoms in total. The molecule has 1 amide bonds. The Morgan fingerprint density at radius 1 is 1.22 bits per heavy atom. The maximum Gasteiger partial charge on any atom is 0.354 e. The second kappa shape index (κ2) is 7.53. The number of ether oxygens (including phenoxy) is 1. The van der Waals surface area contributed by atoms with Gasteiger partial charge >= 0.3 is 5.97 Å². The summed E-state index contributed by atoms with van der Waals surface area (Å²) >= 11 is 0. The average molecular weight is 391 g/mol. The van der Waals surface area contributed by atoms with Gasteiger partial charge in [-0.15, -0.1) is 0 Å². The number of sulfonamides is 1. The summed E-state index contributed by atoms with van der Waals surface area (Å²) in [5.41, 5.74) is 0.736.